The van der Waals surface area contributed by atoms with Crippen LogP contribution in [-0.2, 0) is 33.4 Å². The quantitative estimate of drug-likeness (QED) is 0.222. The molecule has 0 aliphatic rings. The molecule has 25 heavy (non-hydrogen) atoms. The van der Waals surface area contributed by atoms with Crippen LogP contribution in [0.1, 0.15) is 27.7 Å². The van der Waals surface area contributed by atoms with E-state index in [0.717, 1.165) is 27.7 Å². The summed E-state index contributed by atoms with van der Waals surface area (Å²) >= 11 is 2.42. The molecule has 0 saturated heterocycles. The van der Waals surface area contributed by atoms with Gasteiger partial charge in [-0.25, -0.2) is 0 Å². The van der Waals surface area contributed by atoms with Crippen molar-refractivity contribution in [1.29, 1.82) is 0 Å². The first-order valence-corrected chi connectivity index (χ1v) is 7.68. The highest BCUT2D eigenvalue weighted by molar-refractivity contribution is 9.18. The first-order chi connectivity index (χ1) is 11.3. The lowest BCUT2D eigenvalue weighted by Gasteiger charge is -2.46. The maximum Gasteiger partial charge on any atom is 0.304 e. The van der Waals surface area contributed by atoms with Gasteiger partial charge < -0.3 is 24.8 Å². The van der Waals surface area contributed by atoms with E-state index in [1.165, 1.54) is 0 Å². The second-order valence-corrected chi connectivity index (χ2v) is 5.91. The number of hydrogen-bond acceptors (Lipinski definition) is 10. The summed E-state index contributed by atoms with van der Waals surface area (Å²) in [7, 11) is 0. The molecule has 0 saturated carbocycles. The van der Waals surface area contributed by atoms with Crippen molar-refractivity contribution < 1.29 is 48.8 Å². The summed E-state index contributed by atoms with van der Waals surface area (Å²) in [5.41, 5.74) is -6.27. The Kier molecular flexibility index (Phi) is 8.02. The van der Waals surface area contributed by atoms with Crippen LogP contribution in [0.15, 0.2) is 0 Å². The minimum Gasteiger partial charge on any atom is -0.443 e. The fourth-order valence-corrected chi connectivity index (χ4v) is 3.07. The summed E-state index contributed by atoms with van der Waals surface area (Å²) in [5, 5.41) is 29.2. The number of ether oxygens (including phenoxy) is 2. The molecule has 11 heteroatoms. The predicted molar refractivity (Wildman–Crippen MR) is 83.4 cm³/mol. The topological polar surface area (TPSA) is 164 Å². The van der Waals surface area contributed by atoms with Gasteiger partial charge in [-0.2, -0.15) is 0 Å². The lowest BCUT2D eigenvalue weighted by Crippen LogP contribution is -2.75. The summed E-state index contributed by atoms with van der Waals surface area (Å²) in [5.74, 6) is -5.01. The first kappa shape index (κ1) is 23.3. The van der Waals surface area contributed by atoms with Crippen molar-refractivity contribution in [1.82, 2.24) is 0 Å². The Morgan fingerprint density at radius 3 is 1.60 bits per heavy atom. The molecule has 0 amide bonds. The predicted octanol–water partition coefficient (Wildman–Crippen LogP) is -1.60. The highest BCUT2D eigenvalue weighted by Crippen LogP contribution is 2.39. The zero-order valence-corrected chi connectivity index (χ0v) is 15.5. The number of esters is 2. The third-order valence-electron chi connectivity index (χ3n) is 3.39. The Hall–Kier alpha value is -1.69. The largest absolute Gasteiger partial charge is 0.443 e. The Morgan fingerprint density at radius 2 is 1.36 bits per heavy atom. The van der Waals surface area contributed by atoms with E-state index in [0.29, 0.717) is 0 Å². The Balaban J connectivity index is 7.10. The van der Waals surface area contributed by atoms with Crippen LogP contribution in [0.25, 0.3) is 0 Å². The van der Waals surface area contributed by atoms with E-state index in [9.17, 15) is 34.2 Å². The van der Waals surface area contributed by atoms with E-state index in [4.69, 9.17) is 14.6 Å². The minimum atomic E-state index is -3.14. The number of Topliss-reactive ketones (excluding diaryl/α,β-unsaturated/α-hetero) is 2. The van der Waals surface area contributed by atoms with Crippen molar-refractivity contribution >= 4 is 44.1 Å². The van der Waals surface area contributed by atoms with Gasteiger partial charge in [0, 0.05) is 13.8 Å². The molecule has 0 radical (unpaired) electrons. The van der Waals surface area contributed by atoms with E-state index in [1.54, 1.807) is 0 Å². The number of aliphatic hydroxyl groups excluding tert-OH is 3. The van der Waals surface area contributed by atoms with Gasteiger partial charge in [0.05, 0.1) is 6.61 Å². The van der Waals surface area contributed by atoms with Crippen LogP contribution < -0.4 is 0 Å². The van der Waals surface area contributed by atoms with Crippen LogP contribution in [0.5, 0.6) is 0 Å². The van der Waals surface area contributed by atoms with Gasteiger partial charge in [-0.05, 0) is 29.8 Å². The Labute approximate surface area is 151 Å². The van der Waals surface area contributed by atoms with Crippen molar-refractivity contribution in [2.45, 2.75) is 51.1 Å². The molecule has 3 N–H and O–H groups in total. The summed E-state index contributed by atoms with van der Waals surface area (Å²) in [6.07, 6.45) is -4.60. The maximum absolute atomic E-state index is 12.4. The molecule has 142 valence electrons. The van der Waals surface area contributed by atoms with Crippen LogP contribution in [0.4, 0.5) is 0 Å². The zero-order valence-electron chi connectivity index (χ0n) is 13.9. The highest BCUT2D eigenvalue weighted by Gasteiger charge is 2.72. The van der Waals surface area contributed by atoms with Gasteiger partial charge in [-0.15, -0.1) is 0 Å². The van der Waals surface area contributed by atoms with Gasteiger partial charge in [-0.3, -0.25) is 24.0 Å². The first-order valence-electron chi connectivity index (χ1n) is 6.89. The van der Waals surface area contributed by atoms with Crippen LogP contribution in [0, 0.1) is 0 Å². The average molecular weight is 427 g/mol. The van der Waals surface area contributed by atoms with Crippen molar-refractivity contribution in [3.05, 3.63) is 0 Å². The lowest BCUT2D eigenvalue weighted by atomic mass is 9.72. The highest BCUT2D eigenvalue weighted by atomic mass is 79.9. The lowest BCUT2D eigenvalue weighted by molar-refractivity contribution is -0.234. The van der Waals surface area contributed by atoms with Crippen molar-refractivity contribution in [2.24, 2.45) is 0 Å². The standard InChI is InChI=1S/C14H19BrO10/c1-6(17)13(24-8(3)19,11(22)10(21)5-16)14(7(2)18,12(15)23)25-9(4)20/h10-11,16,21-22H,5H2,1-4H3/t10-,11-,13+,14-/m1/s1. The fraction of sp³-hybridized carbons (Fsp3) is 0.643. The molecule has 0 heterocycles. The van der Waals surface area contributed by atoms with Crippen LogP contribution >= 0.6 is 15.9 Å². The molecule has 0 aromatic heterocycles. The Bertz CT molecular complexity index is 572. The number of carbonyl (C=O) groups is 5. The second-order valence-electron chi connectivity index (χ2n) is 5.18. The molecular weight excluding hydrogens is 408 g/mol. The number of carbonyl (C=O) groups excluding carboxylic acids is 5. The Morgan fingerprint density at radius 1 is 0.920 bits per heavy atom. The number of ketones is 2. The van der Waals surface area contributed by atoms with Gasteiger partial charge in [-0.1, -0.05) is 0 Å². The van der Waals surface area contributed by atoms with Gasteiger partial charge in [0.2, 0.25) is 0 Å². The smallest absolute Gasteiger partial charge is 0.304 e. The van der Waals surface area contributed by atoms with Gasteiger partial charge >= 0.3 is 11.9 Å². The molecule has 0 fully saturated rings. The molecule has 4 atom stereocenters. The third-order valence-corrected chi connectivity index (χ3v) is 3.95. The number of halogens is 1. The maximum atomic E-state index is 12.4. The third kappa shape index (κ3) is 4.11. The van der Waals surface area contributed by atoms with Crippen molar-refractivity contribution in [3.63, 3.8) is 0 Å². The van der Waals surface area contributed by atoms with E-state index < -0.39 is 58.2 Å². The molecule has 0 spiro atoms. The molecular formula is C14H19BrO10. The molecule has 0 rings (SSSR count). The molecule has 0 bridgehead atoms. The molecule has 0 aliphatic heterocycles. The van der Waals surface area contributed by atoms with Crippen molar-refractivity contribution in [2.75, 3.05) is 6.61 Å². The average Bonchev–Trinajstić information content (AvgIpc) is 2.47. The molecule has 0 aromatic carbocycles. The fourth-order valence-electron chi connectivity index (χ4n) is 2.42. The van der Waals surface area contributed by atoms with Gasteiger partial charge in [0.15, 0.2) is 11.6 Å². The summed E-state index contributed by atoms with van der Waals surface area (Å²) in [6.45, 7) is 1.98. The monoisotopic (exact) mass is 426 g/mol. The van der Waals surface area contributed by atoms with Gasteiger partial charge in [0.25, 0.3) is 15.9 Å². The van der Waals surface area contributed by atoms with E-state index in [2.05, 4.69) is 15.9 Å². The SMILES string of the molecule is CC(=O)O[C@](C(C)=O)(C(=O)Br)[C@](OC(C)=O)(C(C)=O)[C@H](O)[C@H](O)CO. The van der Waals surface area contributed by atoms with Gasteiger partial charge in [0.1, 0.15) is 12.2 Å². The minimum absolute atomic E-state index is 0.743. The van der Waals surface area contributed by atoms with Crippen LogP contribution in [0.2, 0.25) is 0 Å². The summed E-state index contributed by atoms with van der Waals surface area (Å²) in [4.78, 5) is 59.9. The molecule has 0 aromatic rings. The molecule has 0 unspecified atom stereocenters. The van der Waals surface area contributed by atoms with Crippen LogP contribution in [0.3, 0.4) is 0 Å². The number of rotatable bonds is 9. The van der Waals surface area contributed by atoms with Crippen molar-refractivity contribution in [3.8, 4) is 0 Å². The normalized spacial score (nSPS) is 18.1. The molecule has 0 aliphatic carbocycles. The number of aliphatic hydroxyl groups is 3. The second kappa shape index (κ2) is 8.61. The number of hydrogen-bond donors (Lipinski definition) is 3. The zero-order chi connectivity index (χ0) is 20.2. The van der Waals surface area contributed by atoms with E-state index in [-0.39, 0.29) is 0 Å². The molecule has 10 nitrogen and oxygen atoms in total. The van der Waals surface area contributed by atoms with E-state index in [1.807, 2.05) is 0 Å². The summed E-state index contributed by atoms with van der Waals surface area (Å²) in [6, 6.07) is 0. The van der Waals surface area contributed by atoms with E-state index >= 15 is 0 Å². The van der Waals surface area contributed by atoms with Crippen LogP contribution in [-0.4, -0.2) is 73.5 Å². The summed E-state index contributed by atoms with van der Waals surface area (Å²) < 4.78 is 8.17.